The molecule has 0 saturated heterocycles. The Bertz CT molecular complexity index is 339. The predicted octanol–water partition coefficient (Wildman–Crippen LogP) is 0.291. The van der Waals surface area contributed by atoms with Gasteiger partial charge >= 0.3 is 0 Å². The number of ether oxygens (including phenoxy) is 1. The van der Waals surface area contributed by atoms with E-state index in [4.69, 9.17) is 16.4 Å². The summed E-state index contributed by atoms with van der Waals surface area (Å²) in [5, 5.41) is 0. The smallest absolute Gasteiger partial charge is 0.130 e. The third-order valence-electron chi connectivity index (χ3n) is 1.86. The van der Waals surface area contributed by atoms with Gasteiger partial charge in [-0.1, -0.05) is 12.1 Å². The van der Waals surface area contributed by atoms with Crippen LogP contribution in [0.2, 0.25) is 0 Å². The molecule has 15 heavy (non-hydrogen) atoms. The molecule has 0 amide bonds. The maximum atomic E-state index is 5.71. The number of aliphatic imine (C=N–C) groups is 1. The van der Waals surface area contributed by atoms with Crippen LogP contribution in [-0.4, -0.2) is 26.1 Å². The van der Waals surface area contributed by atoms with E-state index in [9.17, 15) is 0 Å². The van der Waals surface area contributed by atoms with Gasteiger partial charge in [0.1, 0.15) is 24.8 Å². The van der Waals surface area contributed by atoms with Crippen LogP contribution in [-0.2, 0) is 4.84 Å². The first-order chi connectivity index (χ1) is 7.29. The molecule has 1 aromatic carbocycles. The molecule has 82 valence electrons. The summed E-state index contributed by atoms with van der Waals surface area (Å²) in [6.45, 7) is 0.710. The molecule has 0 aliphatic carbocycles. The molecule has 5 heteroatoms. The van der Waals surface area contributed by atoms with Crippen LogP contribution in [0.1, 0.15) is 5.56 Å². The van der Waals surface area contributed by atoms with Crippen LogP contribution in [0.15, 0.2) is 29.3 Å². The number of hydrogen-bond acceptors (Lipinski definition) is 4. The van der Waals surface area contributed by atoms with Crippen LogP contribution < -0.4 is 16.4 Å². The molecule has 0 aliphatic rings. The van der Waals surface area contributed by atoms with Crippen LogP contribution >= 0.6 is 0 Å². The zero-order chi connectivity index (χ0) is 11.1. The predicted molar refractivity (Wildman–Crippen MR) is 58.7 cm³/mol. The number of hydrogen-bond donors (Lipinski definition) is 2. The van der Waals surface area contributed by atoms with E-state index in [0.717, 1.165) is 5.56 Å². The molecule has 1 rings (SSSR count). The highest BCUT2D eigenvalue weighted by molar-refractivity contribution is 5.99. The van der Waals surface area contributed by atoms with Crippen LogP contribution in [0.4, 0.5) is 0 Å². The minimum atomic E-state index is 0.331. The molecule has 0 aromatic heterocycles. The molecule has 0 radical (unpaired) electrons. The van der Waals surface area contributed by atoms with E-state index in [0.29, 0.717) is 24.8 Å². The third kappa shape index (κ3) is 3.23. The Labute approximate surface area is 88.6 Å². The molecule has 0 unspecified atom stereocenters. The van der Waals surface area contributed by atoms with Crippen LogP contribution in [0.25, 0.3) is 0 Å². The largest absolute Gasteiger partial charge is 0.490 e. The van der Waals surface area contributed by atoms with Gasteiger partial charge in [0.25, 0.3) is 0 Å². The SMILES string of the molecule is CN=C(N)c1ccccc1OCCON. The van der Waals surface area contributed by atoms with Crippen molar-refractivity contribution >= 4 is 5.84 Å². The first-order valence-electron chi connectivity index (χ1n) is 4.55. The molecule has 0 atom stereocenters. The topological polar surface area (TPSA) is 82.9 Å². The lowest BCUT2D eigenvalue weighted by molar-refractivity contribution is 0.102. The lowest BCUT2D eigenvalue weighted by atomic mass is 10.2. The van der Waals surface area contributed by atoms with Crippen LogP contribution in [0, 0.1) is 0 Å². The highest BCUT2D eigenvalue weighted by atomic mass is 16.6. The van der Waals surface area contributed by atoms with E-state index in [2.05, 4.69) is 9.83 Å². The molecule has 0 fully saturated rings. The van der Waals surface area contributed by atoms with Gasteiger partial charge < -0.3 is 15.3 Å². The van der Waals surface area contributed by atoms with Gasteiger partial charge in [-0.3, -0.25) is 4.99 Å². The van der Waals surface area contributed by atoms with E-state index in [1.54, 1.807) is 7.05 Å². The van der Waals surface area contributed by atoms with Crippen molar-refractivity contribution in [3.05, 3.63) is 29.8 Å². The van der Waals surface area contributed by atoms with E-state index in [1.165, 1.54) is 0 Å². The summed E-state index contributed by atoms with van der Waals surface area (Å²) in [5.74, 6) is 6.01. The summed E-state index contributed by atoms with van der Waals surface area (Å²) in [5.41, 5.74) is 6.49. The van der Waals surface area contributed by atoms with Gasteiger partial charge in [-0.25, -0.2) is 5.90 Å². The second-order valence-electron chi connectivity index (χ2n) is 2.82. The molecular weight excluding hydrogens is 194 g/mol. The van der Waals surface area contributed by atoms with Crippen molar-refractivity contribution in [2.45, 2.75) is 0 Å². The fraction of sp³-hybridized carbons (Fsp3) is 0.300. The average Bonchev–Trinajstić information content (AvgIpc) is 2.29. The molecule has 0 aliphatic heterocycles. The molecule has 0 heterocycles. The first-order valence-corrected chi connectivity index (χ1v) is 4.55. The van der Waals surface area contributed by atoms with Gasteiger partial charge in [-0.2, -0.15) is 0 Å². The monoisotopic (exact) mass is 209 g/mol. The Morgan fingerprint density at radius 1 is 1.33 bits per heavy atom. The Balaban J connectivity index is 2.77. The van der Waals surface area contributed by atoms with Gasteiger partial charge in [0.15, 0.2) is 0 Å². The van der Waals surface area contributed by atoms with E-state index >= 15 is 0 Å². The molecule has 0 saturated carbocycles. The van der Waals surface area contributed by atoms with Crippen molar-refractivity contribution in [3.63, 3.8) is 0 Å². The molecule has 1 aromatic rings. The Morgan fingerprint density at radius 3 is 2.73 bits per heavy atom. The Kier molecular flexibility index (Phi) is 4.59. The molecular formula is C10H15N3O2. The van der Waals surface area contributed by atoms with Gasteiger partial charge in [0.05, 0.1) is 5.56 Å². The van der Waals surface area contributed by atoms with Crippen LogP contribution in [0.3, 0.4) is 0 Å². The summed E-state index contributed by atoms with van der Waals surface area (Å²) in [4.78, 5) is 8.31. The fourth-order valence-electron chi connectivity index (χ4n) is 1.12. The number of para-hydroxylation sites is 1. The maximum Gasteiger partial charge on any atom is 0.130 e. The molecule has 0 bridgehead atoms. The zero-order valence-corrected chi connectivity index (χ0v) is 8.64. The summed E-state index contributed by atoms with van der Waals surface area (Å²) < 4.78 is 5.43. The summed E-state index contributed by atoms with van der Waals surface area (Å²) in [6, 6.07) is 7.41. The average molecular weight is 209 g/mol. The number of nitrogens with zero attached hydrogens (tertiary/aromatic N) is 1. The van der Waals surface area contributed by atoms with Gasteiger partial charge in [-0.15, -0.1) is 0 Å². The summed E-state index contributed by atoms with van der Waals surface area (Å²) >= 11 is 0. The minimum absolute atomic E-state index is 0.331. The third-order valence-corrected chi connectivity index (χ3v) is 1.86. The van der Waals surface area contributed by atoms with Crippen LogP contribution in [0.5, 0.6) is 5.75 Å². The normalized spacial score (nSPS) is 11.5. The fourth-order valence-corrected chi connectivity index (χ4v) is 1.12. The number of nitrogens with two attached hydrogens (primary N) is 2. The highest BCUT2D eigenvalue weighted by Crippen LogP contribution is 2.17. The quantitative estimate of drug-likeness (QED) is 0.316. The van der Waals surface area contributed by atoms with Crippen molar-refractivity contribution < 1.29 is 9.57 Å². The van der Waals surface area contributed by atoms with Crippen molar-refractivity contribution in [2.75, 3.05) is 20.3 Å². The Hall–Kier alpha value is -1.59. The maximum absolute atomic E-state index is 5.71. The van der Waals surface area contributed by atoms with Crippen molar-refractivity contribution in [1.82, 2.24) is 0 Å². The van der Waals surface area contributed by atoms with Crippen molar-refractivity contribution in [2.24, 2.45) is 16.6 Å². The minimum Gasteiger partial charge on any atom is -0.490 e. The van der Waals surface area contributed by atoms with E-state index in [-0.39, 0.29) is 0 Å². The standard InChI is InChI=1S/C10H15N3O2/c1-13-10(11)8-4-2-3-5-9(8)14-6-7-15-12/h2-5H,6-7,12H2,1H3,(H2,11,13). The molecule has 5 nitrogen and oxygen atoms in total. The second kappa shape index (κ2) is 6.00. The second-order valence-corrected chi connectivity index (χ2v) is 2.82. The lowest BCUT2D eigenvalue weighted by Crippen LogP contribution is -2.16. The number of amidine groups is 1. The van der Waals surface area contributed by atoms with Gasteiger partial charge in [0, 0.05) is 7.05 Å². The highest BCUT2D eigenvalue weighted by Gasteiger charge is 2.05. The van der Waals surface area contributed by atoms with Gasteiger partial charge in [0.2, 0.25) is 0 Å². The lowest BCUT2D eigenvalue weighted by Gasteiger charge is -2.09. The summed E-state index contributed by atoms with van der Waals surface area (Å²) in [7, 11) is 1.63. The zero-order valence-electron chi connectivity index (χ0n) is 8.64. The molecule has 0 spiro atoms. The number of rotatable bonds is 5. The first kappa shape index (κ1) is 11.5. The Morgan fingerprint density at radius 2 is 2.07 bits per heavy atom. The van der Waals surface area contributed by atoms with E-state index in [1.807, 2.05) is 24.3 Å². The van der Waals surface area contributed by atoms with Gasteiger partial charge in [-0.05, 0) is 12.1 Å². The number of benzene rings is 1. The molecule has 4 N–H and O–H groups in total. The summed E-state index contributed by atoms with van der Waals surface area (Å²) in [6.07, 6.45) is 0. The van der Waals surface area contributed by atoms with Crippen molar-refractivity contribution in [1.29, 1.82) is 0 Å². The van der Waals surface area contributed by atoms with E-state index < -0.39 is 0 Å². The van der Waals surface area contributed by atoms with Crippen molar-refractivity contribution in [3.8, 4) is 5.75 Å².